The predicted molar refractivity (Wildman–Crippen MR) is 115 cm³/mol. The Morgan fingerprint density at radius 3 is 2.32 bits per heavy atom. The zero-order valence-electron chi connectivity index (χ0n) is 16.2. The second-order valence-electron chi connectivity index (χ2n) is 5.39. The molecule has 0 spiro atoms. The van der Waals surface area contributed by atoms with E-state index in [0.29, 0.717) is 17.7 Å². The molecule has 1 unspecified atom stereocenters. The zero-order valence-corrected chi connectivity index (χ0v) is 17.4. The van der Waals surface area contributed by atoms with Crippen molar-refractivity contribution in [2.24, 2.45) is 5.73 Å². The van der Waals surface area contributed by atoms with Crippen LogP contribution in [0, 0.1) is 0 Å². The number of hydrogen-bond acceptors (Lipinski definition) is 4. The highest BCUT2D eigenvalue weighted by atomic mass is 31.0. The minimum atomic E-state index is -0.644. The molecule has 152 valence electrons. The molecular weight excluding hydrogens is 377 g/mol. The highest BCUT2D eigenvalue weighted by Gasteiger charge is 2.08. The Bertz CT molecular complexity index is 713. The molecular formula is C20H28N3O4P. The summed E-state index contributed by atoms with van der Waals surface area (Å²) in [6.07, 6.45) is 8.24. The summed E-state index contributed by atoms with van der Waals surface area (Å²) in [4.78, 5) is 33.5. The number of amides is 3. The summed E-state index contributed by atoms with van der Waals surface area (Å²) in [5.41, 5.74) is 6.55. The van der Waals surface area contributed by atoms with E-state index in [-0.39, 0.29) is 13.1 Å². The average Bonchev–Trinajstić information content (AvgIpc) is 2.69. The monoisotopic (exact) mass is 405 g/mol. The minimum Gasteiger partial charge on any atom is -0.490 e. The second-order valence-corrected chi connectivity index (χ2v) is 5.72. The molecule has 7 nitrogen and oxygen atoms in total. The molecule has 0 radical (unpaired) electrons. The van der Waals surface area contributed by atoms with Gasteiger partial charge in [-0.1, -0.05) is 45.7 Å². The first-order valence-electron chi connectivity index (χ1n) is 8.52. The van der Waals surface area contributed by atoms with Crippen LogP contribution in [0.2, 0.25) is 0 Å². The maximum absolute atomic E-state index is 11.7. The molecule has 0 saturated carbocycles. The van der Waals surface area contributed by atoms with Gasteiger partial charge in [0.15, 0.2) is 0 Å². The summed E-state index contributed by atoms with van der Waals surface area (Å²) in [7, 11) is 2.42. The van der Waals surface area contributed by atoms with Crippen molar-refractivity contribution >= 4 is 27.0 Å². The number of nitrogens with two attached hydrogens (primary N) is 1. The topological polar surface area (TPSA) is 111 Å². The maximum Gasteiger partial charge on any atom is 0.251 e. The summed E-state index contributed by atoms with van der Waals surface area (Å²) < 4.78 is 5.22. The maximum atomic E-state index is 11.7. The molecule has 1 atom stereocenters. The van der Waals surface area contributed by atoms with Crippen molar-refractivity contribution in [1.82, 2.24) is 10.6 Å². The van der Waals surface area contributed by atoms with Crippen molar-refractivity contribution in [3.63, 3.8) is 0 Å². The Balaban J connectivity index is 0.000000769. The number of primary amides is 1. The molecule has 1 aromatic rings. The molecule has 1 rings (SSSR count). The number of benzene rings is 1. The van der Waals surface area contributed by atoms with E-state index in [4.69, 9.17) is 10.5 Å². The largest absolute Gasteiger partial charge is 0.490 e. The fourth-order valence-electron chi connectivity index (χ4n) is 1.63. The first-order valence-corrected chi connectivity index (χ1v) is 9.33. The van der Waals surface area contributed by atoms with E-state index < -0.39 is 17.7 Å². The van der Waals surface area contributed by atoms with Gasteiger partial charge in [0.2, 0.25) is 11.8 Å². The third-order valence-corrected chi connectivity index (χ3v) is 3.35. The van der Waals surface area contributed by atoms with Crippen LogP contribution in [0.3, 0.4) is 0 Å². The van der Waals surface area contributed by atoms with Gasteiger partial charge in [-0.3, -0.25) is 14.4 Å². The molecule has 8 heteroatoms. The first kappa shape index (κ1) is 25.1. The summed E-state index contributed by atoms with van der Waals surface area (Å²) in [5, 5.41) is 4.69. The Labute approximate surface area is 168 Å². The van der Waals surface area contributed by atoms with Crippen LogP contribution in [0.15, 0.2) is 60.7 Å². The minimum absolute atomic E-state index is 0.226. The van der Waals surface area contributed by atoms with E-state index in [2.05, 4.69) is 39.5 Å². The van der Waals surface area contributed by atoms with Crippen molar-refractivity contribution in [3.8, 4) is 5.75 Å². The van der Waals surface area contributed by atoms with Gasteiger partial charge in [0.25, 0.3) is 5.91 Å². The first-order chi connectivity index (χ1) is 13.3. The fourth-order valence-corrected chi connectivity index (χ4v) is 1.82. The summed E-state index contributed by atoms with van der Waals surface area (Å²) in [6, 6.07) is 6.50. The molecule has 0 aliphatic carbocycles. The number of nitrogens with one attached hydrogen (secondary N) is 2. The number of carbonyl (C=O) groups is 3. The Hall–Kier alpha value is -2.92. The van der Waals surface area contributed by atoms with Crippen LogP contribution in [-0.2, 0) is 9.59 Å². The third-order valence-electron chi connectivity index (χ3n) is 3.19. The van der Waals surface area contributed by atoms with Crippen molar-refractivity contribution in [3.05, 3.63) is 66.3 Å². The van der Waals surface area contributed by atoms with Crippen LogP contribution < -0.4 is 21.1 Å². The molecule has 0 saturated heterocycles. The molecule has 0 aliphatic rings. The fraction of sp³-hybridized carbons (Fsp3) is 0.250. The molecule has 0 fully saturated rings. The van der Waals surface area contributed by atoms with E-state index in [1.165, 1.54) is 5.57 Å². The normalized spacial score (nSPS) is 10.5. The van der Waals surface area contributed by atoms with Crippen LogP contribution in [0.4, 0.5) is 0 Å². The predicted octanol–water partition coefficient (Wildman–Crippen LogP) is 1.92. The van der Waals surface area contributed by atoms with Gasteiger partial charge in [0.1, 0.15) is 12.1 Å². The van der Waals surface area contributed by atoms with Gasteiger partial charge in [0, 0.05) is 5.56 Å². The SMILES string of the molecule is C=C/C=C\C(C)=C/C.NC(=O)CNC(=O)CNC(=O)c1ccc(OCP)cc1. The number of allylic oxidation sites excluding steroid dienone is 5. The lowest BCUT2D eigenvalue weighted by molar-refractivity contribution is -0.124. The molecule has 0 aromatic heterocycles. The molecule has 28 heavy (non-hydrogen) atoms. The summed E-state index contributed by atoms with van der Waals surface area (Å²) in [5.74, 6) is -0.873. The molecule has 0 bridgehead atoms. The van der Waals surface area contributed by atoms with E-state index in [1.54, 1.807) is 30.3 Å². The van der Waals surface area contributed by atoms with Gasteiger partial charge in [-0.2, -0.15) is 0 Å². The highest BCUT2D eigenvalue weighted by Crippen LogP contribution is 2.12. The smallest absolute Gasteiger partial charge is 0.251 e. The highest BCUT2D eigenvalue weighted by molar-refractivity contribution is 7.16. The Kier molecular flexibility index (Phi) is 13.6. The van der Waals surface area contributed by atoms with Crippen LogP contribution in [0.5, 0.6) is 5.75 Å². The molecule has 0 aliphatic heterocycles. The number of carbonyl (C=O) groups excluding carboxylic acids is 3. The van der Waals surface area contributed by atoms with Gasteiger partial charge in [-0.05, 0) is 38.1 Å². The Morgan fingerprint density at radius 2 is 1.82 bits per heavy atom. The Morgan fingerprint density at radius 1 is 1.18 bits per heavy atom. The van der Waals surface area contributed by atoms with Crippen molar-refractivity contribution < 1.29 is 19.1 Å². The standard InChI is InChI=1S/C12H16N3O4P.C8H12/c13-10(16)5-14-11(17)6-15-12(18)8-1-3-9(4-2-8)19-7-20;1-4-6-7-8(3)5-2/h1-4H,5-7,20H2,(H2,13,16)(H,14,17)(H,15,18);4-7H,1H2,2-3H3/b;7-6-,8-5-. The van der Waals surface area contributed by atoms with Gasteiger partial charge in [-0.15, -0.1) is 0 Å². The molecule has 1 aromatic carbocycles. The van der Waals surface area contributed by atoms with Crippen molar-refractivity contribution in [2.75, 3.05) is 19.4 Å². The summed E-state index contributed by atoms with van der Waals surface area (Å²) >= 11 is 0. The van der Waals surface area contributed by atoms with Crippen molar-refractivity contribution in [2.45, 2.75) is 13.8 Å². The van der Waals surface area contributed by atoms with Crippen LogP contribution in [-0.4, -0.2) is 37.2 Å². The van der Waals surface area contributed by atoms with Crippen molar-refractivity contribution in [1.29, 1.82) is 0 Å². The zero-order chi connectivity index (χ0) is 21.4. The number of ether oxygens (including phenoxy) is 1. The third kappa shape index (κ3) is 12.4. The van der Waals surface area contributed by atoms with E-state index in [9.17, 15) is 14.4 Å². The molecule has 0 heterocycles. The lowest BCUT2D eigenvalue weighted by Crippen LogP contribution is -2.40. The number of rotatable bonds is 9. The van der Waals surface area contributed by atoms with E-state index >= 15 is 0 Å². The van der Waals surface area contributed by atoms with Gasteiger partial charge in [-0.25, -0.2) is 0 Å². The van der Waals surface area contributed by atoms with Crippen LogP contribution >= 0.6 is 9.24 Å². The van der Waals surface area contributed by atoms with Gasteiger partial charge >= 0.3 is 0 Å². The molecule has 4 N–H and O–H groups in total. The molecule has 3 amide bonds. The van der Waals surface area contributed by atoms with E-state index in [1.807, 2.05) is 19.1 Å². The van der Waals surface area contributed by atoms with Gasteiger partial charge in [0.05, 0.1) is 13.1 Å². The lowest BCUT2D eigenvalue weighted by Gasteiger charge is -2.07. The van der Waals surface area contributed by atoms with E-state index in [0.717, 1.165) is 0 Å². The van der Waals surface area contributed by atoms with Crippen LogP contribution in [0.25, 0.3) is 0 Å². The van der Waals surface area contributed by atoms with Crippen LogP contribution in [0.1, 0.15) is 24.2 Å². The summed E-state index contributed by atoms with van der Waals surface area (Å²) in [6.45, 7) is 7.14. The second kappa shape index (κ2) is 15.2. The average molecular weight is 405 g/mol. The lowest BCUT2D eigenvalue weighted by atomic mass is 10.2. The quantitative estimate of drug-likeness (QED) is 0.431. The number of hydrogen-bond donors (Lipinski definition) is 3. The van der Waals surface area contributed by atoms with Gasteiger partial charge < -0.3 is 21.1 Å².